The van der Waals surface area contributed by atoms with Gasteiger partial charge in [0.25, 0.3) is 5.69 Å². The number of anilines is 1. The minimum Gasteiger partial charge on any atom is -0.399 e. The van der Waals surface area contributed by atoms with E-state index in [0.29, 0.717) is 5.69 Å². The lowest BCUT2D eigenvalue weighted by atomic mass is 10.2. The van der Waals surface area contributed by atoms with Crippen LogP contribution in [0, 0.1) is 15.9 Å². The summed E-state index contributed by atoms with van der Waals surface area (Å²) < 4.78 is 37.6. The molecule has 110 valence electrons. The largest absolute Gasteiger partial charge is 0.399 e. The third-order valence-electron chi connectivity index (χ3n) is 2.75. The van der Waals surface area contributed by atoms with Gasteiger partial charge in [0.15, 0.2) is 9.84 Å². The molecule has 0 saturated carbocycles. The first-order valence-electron chi connectivity index (χ1n) is 5.80. The van der Waals surface area contributed by atoms with Crippen LogP contribution in [0.3, 0.4) is 0 Å². The average Bonchev–Trinajstić information content (AvgIpc) is 2.37. The second-order valence-electron chi connectivity index (χ2n) is 4.40. The van der Waals surface area contributed by atoms with Crippen molar-refractivity contribution in [2.24, 2.45) is 0 Å². The lowest BCUT2D eigenvalue weighted by Gasteiger charge is -2.05. The van der Waals surface area contributed by atoms with Crippen LogP contribution in [-0.2, 0) is 15.6 Å². The van der Waals surface area contributed by atoms with Crippen molar-refractivity contribution in [1.29, 1.82) is 0 Å². The molecule has 0 bridgehead atoms. The predicted molar refractivity (Wildman–Crippen MR) is 74.8 cm³/mol. The van der Waals surface area contributed by atoms with Gasteiger partial charge in [-0.25, -0.2) is 12.8 Å². The van der Waals surface area contributed by atoms with Crippen LogP contribution in [0.5, 0.6) is 0 Å². The van der Waals surface area contributed by atoms with E-state index in [4.69, 9.17) is 5.73 Å². The van der Waals surface area contributed by atoms with Crippen LogP contribution in [0.2, 0.25) is 0 Å². The summed E-state index contributed by atoms with van der Waals surface area (Å²) in [5, 5.41) is 10.7. The Kier molecular flexibility index (Phi) is 3.90. The van der Waals surface area contributed by atoms with E-state index in [0.717, 1.165) is 18.2 Å². The molecule has 21 heavy (non-hydrogen) atoms. The van der Waals surface area contributed by atoms with E-state index in [1.54, 1.807) is 0 Å². The molecule has 0 aliphatic heterocycles. The Balaban J connectivity index is 2.36. The highest BCUT2D eigenvalue weighted by molar-refractivity contribution is 7.90. The first-order chi connectivity index (χ1) is 9.78. The smallest absolute Gasteiger partial charge is 0.272 e. The van der Waals surface area contributed by atoms with Gasteiger partial charge in [0.1, 0.15) is 5.82 Å². The van der Waals surface area contributed by atoms with Gasteiger partial charge in [-0.15, -0.1) is 0 Å². The van der Waals surface area contributed by atoms with E-state index < -0.39 is 32.0 Å². The fourth-order valence-corrected chi connectivity index (χ4v) is 3.12. The number of nitrogens with zero attached hydrogens (tertiary/aromatic N) is 1. The highest BCUT2D eigenvalue weighted by atomic mass is 32.2. The van der Waals surface area contributed by atoms with Crippen LogP contribution in [0.1, 0.15) is 5.56 Å². The fraction of sp³-hybridized carbons (Fsp3) is 0.0769. The molecular weight excluding hydrogens is 299 g/mol. The molecule has 0 aromatic heterocycles. The Hall–Kier alpha value is -2.48. The van der Waals surface area contributed by atoms with Gasteiger partial charge in [0.05, 0.1) is 21.6 Å². The number of hydrogen-bond acceptors (Lipinski definition) is 5. The van der Waals surface area contributed by atoms with Crippen molar-refractivity contribution >= 4 is 21.2 Å². The Bertz CT molecular complexity index is 788. The number of nitro groups is 1. The summed E-state index contributed by atoms with van der Waals surface area (Å²) >= 11 is 0. The van der Waals surface area contributed by atoms with E-state index in [2.05, 4.69) is 0 Å². The van der Waals surface area contributed by atoms with Crippen molar-refractivity contribution in [3.8, 4) is 0 Å². The van der Waals surface area contributed by atoms with Gasteiger partial charge in [-0.05, 0) is 35.9 Å². The fourth-order valence-electron chi connectivity index (χ4n) is 1.80. The van der Waals surface area contributed by atoms with E-state index in [9.17, 15) is 22.9 Å². The number of benzene rings is 2. The molecule has 0 atom stereocenters. The monoisotopic (exact) mass is 310 g/mol. The molecule has 2 N–H and O–H groups in total. The van der Waals surface area contributed by atoms with Crippen LogP contribution in [0.25, 0.3) is 0 Å². The maximum atomic E-state index is 13.3. The summed E-state index contributed by atoms with van der Waals surface area (Å²) in [6.07, 6.45) is 0. The number of nitrogens with two attached hydrogens (primary N) is 1. The van der Waals surface area contributed by atoms with Crippen LogP contribution < -0.4 is 5.73 Å². The quantitative estimate of drug-likeness (QED) is 0.530. The summed E-state index contributed by atoms with van der Waals surface area (Å²) in [7, 11) is -3.73. The SMILES string of the molecule is Nc1ccc(S(=O)(=O)Cc2cc(F)cc([N+](=O)[O-])c2)cc1. The molecule has 6 nitrogen and oxygen atoms in total. The van der Waals surface area contributed by atoms with Crippen molar-refractivity contribution in [2.75, 3.05) is 5.73 Å². The summed E-state index contributed by atoms with van der Waals surface area (Å²) in [6, 6.07) is 8.26. The first kappa shape index (κ1) is 14.9. The number of nitro benzene ring substituents is 1. The topological polar surface area (TPSA) is 103 Å². The number of sulfone groups is 1. The molecule has 8 heteroatoms. The van der Waals surface area contributed by atoms with E-state index in [-0.39, 0.29) is 10.5 Å². The van der Waals surface area contributed by atoms with Crippen molar-refractivity contribution < 1.29 is 17.7 Å². The third-order valence-corrected chi connectivity index (χ3v) is 4.45. The molecule has 0 heterocycles. The first-order valence-corrected chi connectivity index (χ1v) is 7.45. The minimum atomic E-state index is -3.73. The standard InChI is InChI=1S/C13H11FN2O4S/c14-10-5-9(6-12(7-10)16(17)18)8-21(19,20)13-3-1-11(15)2-4-13/h1-7H,8,15H2. The zero-order chi connectivity index (χ0) is 15.6. The molecule has 0 radical (unpaired) electrons. The van der Waals surface area contributed by atoms with Gasteiger partial charge >= 0.3 is 0 Å². The summed E-state index contributed by atoms with van der Waals surface area (Å²) in [6.45, 7) is 0. The lowest BCUT2D eigenvalue weighted by molar-refractivity contribution is -0.385. The zero-order valence-electron chi connectivity index (χ0n) is 10.7. The third kappa shape index (κ3) is 3.54. The van der Waals surface area contributed by atoms with Gasteiger partial charge in [0.2, 0.25) is 0 Å². The Morgan fingerprint density at radius 1 is 1.14 bits per heavy atom. The Morgan fingerprint density at radius 3 is 2.33 bits per heavy atom. The molecule has 0 unspecified atom stereocenters. The second kappa shape index (κ2) is 5.49. The molecule has 0 aliphatic rings. The highest BCUT2D eigenvalue weighted by Crippen LogP contribution is 2.22. The molecule has 2 rings (SSSR count). The van der Waals surface area contributed by atoms with Gasteiger partial charge in [0, 0.05) is 11.8 Å². The number of hydrogen-bond donors (Lipinski definition) is 1. The van der Waals surface area contributed by atoms with Crippen LogP contribution >= 0.6 is 0 Å². The predicted octanol–water partition coefficient (Wildman–Crippen LogP) is 2.29. The molecule has 2 aromatic carbocycles. The maximum absolute atomic E-state index is 13.3. The van der Waals surface area contributed by atoms with Crippen molar-refractivity contribution in [3.63, 3.8) is 0 Å². The van der Waals surface area contributed by atoms with Gasteiger partial charge < -0.3 is 5.73 Å². The maximum Gasteiger partial charge on any atom is 0.272 e. The molecule has 0 saturated heterocycles. The number of halogens is 1. The summed E-state index contributed by atoms with van der Waals surface area (Å²) in [5.74, 6) is -1.39. The van der Waals surface area contributed by atoms with E-state index >= 15 is 0 Å². The Morgan fingerprint density at radius 2 is 1.76 bits per heavy atom. The van der Waals surface area contributed by atoms with Crippen molar-refractivity contribution in [2.45, 2.75) is 10.6 Å². The highest BCUT2D eigenvalue weighted by Gasteiger charge is 2.18. The summed E-state index contributed by atoms with van der Waals surface area (Å²) in [4.78, 5) is 9.90. The van der Waals surface area contributed by atoms with Gasteiger partial charge in [-0.2, -0.15) is 0 Å². The molecule has 0 amide bonds. The normalized spacial score (nSPS) is 11.3. The van der Waals surface area contributed by atoms with Crippen LogP contribution in [0.4, 0.5) is 15.8 Å². The minimum absolute atomic E-state index is 0.0125. The van der Waals surface area contributed by atoms with E-state index in [1.807, 2.05) is 0 Å². The van der Waals surface area contributed by atoms with E-state index in [1.165, 1.54) is 24.3 Å². The number of nitrogen functional groups attached to an aromatic ring is 1. The summed E-state index contributed by atoms with van der Waals surface area (Å²) in [5.41, 5.74) is 5.41. The Labute approximate surface area is 120 Å². The van der Waals surface area contributed by atoms with Crippen molar-refractivity contribution in [3.05, 3.63) is 64.0 Å². The molecule has 0 aliphatic carbocycles. The number of non-ortho nitro benzene ring substituents is 1. The lowest BCUT2D eigenvalue weighted by Crippen LogP contribution is -2.06. The molecule has 2 aromatic rings. The van der Waals surface area contributed by atoms with Gasteiger partial charge in [-0.1, -0.05) is 0 Å². The van der Waals surface area contributed by atoms with Crippen LogP contribution in [0.15, 0.2) is 47.4 Å². The second-order valence-corrected chi connectivity index (χ2v) is 6.39. The number of rotatable bonds is 4. The molecule has 0 spiro atoms. The van der Waals surface area contributed by atoms with Gasteiger partial charge in [-0.3, -0.25) is 10.1 Å². The molecule has 0 fully saturated rings. The van der Waals surface area contributed by atoms with Crippen LogP contribution in [-0.4, -0.2) is 13.3 Å². The van der Waals surface area contributed by atoms with Crippen molar-refractivity contribution in [1.82, 2.24) is 0 Å². The zero-order valence-corrected chi connectivity index (χ0v) is 11.5. The molecular formula is C13H11FN2O4S. The average molecular weight is 310 g/mol.